The van der Waals surface area contributed by atoms with Gasteiger partial charge in [0, 0.05) is 11.8 Å². The summed E-state index contributed by atoms with van der Waals surface area (Å²) in [5.74, 6) is 2.46. The number of fused-ring (bicyclic) bond motifs is 1. The Morgan fingerprint density at radius 1 is 0.761 bits per heavy atom. The van der Waals surface area contributed by atoms with Crippen LogP contribution in [-0.4, -0.2) is 57.2 Å². The first-order valence-electron chi connectivity index (χ1n) is 14.8. The number of hydrogen-bond donors (Lipinski definition) is 1. The van der Waals surface area contributed by atoms with Gasteiger partial charge in [-0.1, -0.05) is 42.5 Å². The van der Waals surface area contributed by atoms with Gasteiger partial charge < -0.3 is 28.5 Å². The third-order valence-electron chi connectivity index (χ3n) is 8.07. The second-order valence-corrected chi connectivity index (χ2v) is 14.4. The molecule has 1 unspecified atom stereocenters. The van der Waals surface area contributed by atoms with E-state index >= 15 is 0 Å². The van der Waals surface area contributed by atoms with Gasteiger partial charge in [-0.05, 0) is 98.8 Å². The van der Waals surface area contributed by atoms with Gasteiger partial charge in [-0.2, -0.15) is 0 Å². The van der Waals surface area contributed by atoms with Gasteiger partial charge in [-0.25, -0.2) is 8.42 Å². The first-order chi connectivity index (χ1) is 21.7. The normalized spacial score (nSPS) is 17.9. The van der Waals surface area contributed by atoms with Crippen molar-refractivity contribution in [2.45, 2.75) is 45.0 Å². The molecule has 1 fully saturated rings. The Balaban J connectivity index is 0.000000182. The molecule has 4 aromatic rings. The van der Waals surface area contributed by atoms with Crippen LogP contribution < -0.4 is 20.4 Å². The van der Waals surface area contributed by atoms with E-state index in [9.17, 15) is 18.2 Å². The predicted molar refractivity (Wildman–Crippen MR) is 178 cm³/mol. The van der Waals surface area contributed by atoms with Crippen molar-refractivity contribution in [3.8, 4) is 23.0 Å². The van der Waals surface area contributed by atoms with E-state index in [1.807, 2.05) is 88.4 Å². The molecule has 6 rings (SSSR count). The molecule has 0 aliphatic carbocycles. The van der Waals surface area contributed by atoms with Crippen LogP contribution in [0.25, 0.3) is 0 Å². The molecule has 0 bridgehead atoms. The maximum absolute atomic E-state index is 11.4. The first kappa shape index (κ1) is 33.4. The number of aldehydes is 1. The predicted octanol–water partition coefficient (Wildman–Crippen LogP) is 4.87. The summed E-state index contributed by atoms with van der Waals surface area (Å²) in [5.41, 5.74) is 1.51. The van der Waals surface area contributed by atoms with Gasteiger partial charge in [0.15, 0.2) is 0 Å². The average molecular weight is 642 g/mol. The summed E-state index contributed by atoms with van der Waals surface area (Å²) >= 11 is 0. The molecule has 12 heteroatoms. The number of para-hydroxylation sites is 2. The van der Waals surface area contributed by atoms with Crippen molar-refractivity contribution in [3.63, 3.8) is 0 Å². The summed E-state index contributed by atoms with van der Waals surface area (Å²) in [6.07, 6.45) is 1.31. The zero-order valence-corrected chi connectivity index (χ0v) is 27.2. The topological polar surface area (TPSA) is 118 Å². The van der Waals surface area contributed by atoms with Crippen molar-refractivity contribution in [2.24, 2.45) is 0 Å². The largest absolute Gasteiger partial charge is 0.495 e. The highest BCUT2D eigenvalue weighted by Crippen LogP contribution is 2.37. The number of sulfone groups is 1. The minimum atomic E-state index is -3.20. The molecule has 2 aliphatic heterocycles. The highest BCUT2D eigenvalue weighted by molar-refractivity contribution is 7.90. The molecule has 1 saturated heterocycles. The lowest BCUT2D eigenvalue weighted by Crippen LogP contribution is -2.41. The third kappa shape index (κ3) is 7.89. The molecule has 0 amide bonds. The summed E-state index contributed by atoms with van der Waals surface area (Å²) in [6.45, 7) is 7.94. The summed E-state index contributed by atoms with van der Waals surface area (Å²) in [7, 11) is -4.94. The molecule has 2 aliphatic rings. The molecular formula is C34H36B2O9S. The summed E-state index contributed by atoms with van der Waals surface area (Å²) in [5, 5.41) is 9.97. The van der Waals surface area contributed by atoms with Crippen molar-refractivity contribution in [2.75, 3.05) is 12.0 Å². The molecule has 2 heterocycles. The van der Waals surface area contributed by atoms with Crippen molar-refractivity contribution in [3.05, 3.63) is 108 Å². The maximum atomic E-state index is 11.4. The number of carbonyl (C=O) groups is 1. The molecule has 1 atom stereocenters. The van der Waals surface area contributed by atoms with Crippen LogP contribution in [-0.2, 0) is 23.8 Å². The molecule has 46 heavy (non-hydrogen) atoms. The Labute approximate surface area is 270 Å². The van der Waals surface area contributed by atoms with Crippen LogP contribution in [0, 0.1) is 0 Å². The minimum absolute atomic E-state index is 0.157. The SMILES string of the molecule is CC1(C)OB(c2cc(Oc3ccccc3)ccc2C=O)OC1(C)C.CS(=O)(=O)CC1OB(O)c2cc(Oc3ccccc3)ccc21. The first-order valence-corrected chi connectivity index (χ1v) is 16.9. The van der Waals surface area contributed by atoms with E-state index in [0.717, 1.165) is 18.3 Å². The molecule has 4 aromatic carbocycles. The monoisotopic (exact) mass is 642 g/mol. The van der Waals surface area contributed by atoms with E-state index in [1.54, 1.807) is 36.4 Å². The van der Waals surface area contributed by atoms with E-state index < -0.39 is 41.4 Å². The van der Waals surface area contributed by atoms with Gasteiger partial charge in [0.1, 0.15) is 39.1 Å². The fourth-order valence-electron chi connectivity index (χ4n) is 4.98. The lowest BCUT2D eigenvalue weighted by Gasteiger charge is -2.32. The van der Waals surface area contributed by atoms with Gasteiger partial charge in [-0.3, -0.25) is 4.79 Å². The van der Waals surface area contributed by atoms with Crippen LogP contribution in [0.5, 0.6) is 23.0 Å². The van der Waals surface area contributed by atoms with Crippen molar-refractivity contribution in [1.29, 1.82) is 0 Å². The van der Waals surface area contributed by atoms with Gasteiger partial charge in [0.05, 0.1) is 23.1 Å². The lowest BCUT2D eigenvalue weighted by atomic mass is 9.76. The maximum Gasteiger partial charge on any atom is 0.495 e. The highest BCUT2D eigenvalue weighted by Gasteiger charge is 2.52. The molecule has 0 radical (unpaired) electrons. The quantitative estimate of drug-likeness (QED) is 0.212. The Morgan fingerprint density at radius 3 is 1.76 bits per heavy atom. The van der Waals surface area contributed by atoms with Crippen LogP contribution in [0.2, 0.25) is 0 Å². The Morgan fingerprint density at radius 2 is 1.26 bits per heavy atom. The molecule has 0 saturated carbocycles. The van der Waals surface area contributed by atoms with Crippen LogP contribution in [0.4, 0.5) is 0 Å². The summed E-state index contributed by atoms with van der Waals surface area (Å²) in [6, 6.07) is 29.2. The Bertz CT molecular complexity index is 1770. The molecule has 9 nitrogen and oxygen atoms in total. The molecule has 238 valence electrons. The second kappa shape index (κ2) is 13.4. The van der Waals surface area contributed by atoms with Gasteiger partial charge in [0.2, 0.25) is 0 Å². The summed E-state index contributed by atoms with van der Waals surface area (Å²) < 4.78 is 51.9. The number of rotatable bonds is 8. The number of benzene rings is 4. The molecule has 0 aromatic heterocycles. The third-order valence-corrected chi connectivity index (χ3v) is 8.98. The lowest BCUT2D eigenvalue weighted by molar-refractivity contribution is 0.00578. The fourth-order valence-corrected chi connectivity index (χ4v) is 5.78. The van der Waals surface area contributed by atoms with E-state index in [1.165, 1.54) is 0 Å². The van der Waals surface area contributed by atoms with Crippen LogP contribution in [0.3, 0.4) is 0 Å². The van der Waals surface area contributed by atoms with Gasteiger partial charge in [0.25, 0.3) is 0 Å². The Kier molecular flexibility index (Phi) is 9.76. The van der Waals surface area contributed by atoms with E-state index in [-0.39, 0.29) is 5.75 Å². The molecule has 1 N–H and O–H groups in total. The van der Waals surface area contributed by atoms with Crippen LogP contribution in [0.15, 0.2) is 97.1 Å². The number of hydrogen-bond acceptors (Lipinski definition) is 9. The average Bonchev–Trinajstić information content (AvgIpc) is 3.42. The fraction of sp³-hybridized carbons (Fsp3) is 0.265. The van der Waals surface area contributed by atoms with Crippen molar-refractivity contribution < 1.29 is 41.7 Å². The van der Waals surface area contributed by atoms with E-state index in [2.05, 4.69) is 0 Å². The highest BCUT2D eigenvalue weighted by atomic mass is 32.2. The minimum Gasteiger partial charge on any atom is -0.457 e. The van der Waals surface area contributed by atoms with Crippen molar-refractivity contribution in [1.82, 2.24) is 0 Å². The standard InChI is InChI=1S/C19H21BO4.C15H15BO5S/c1-18(2)19(3,4)24-20(23-18)17-12-16(11-10-14(17)13-21)22-15-8-6-5-7-9-15;1-22(18,19)10-15-13-8-7-12(9-14(13)16(17)21-15)20-11-5-3-2-4-6-11/h5-13H,1-4H3;2-9,15,17H,10H2,1H3. The number of ether oxygens (including phenoxy) is 2. The summed E-state index contributed by atoms with van der Waals surface area (Å²) in [4.78, 5) is 11.4. The van der Waals surface area contributed by atoms with Gasteiger partial charge in [-0.15, -0.1) is 0 Å². The smallest absolute Gasteiger partial charge is 0.457 e. The van der Waals surface area contributed by atoms with E-state index in [0.29, 0.717) is 39.3 Å². The van der Waals surface area contributed by atoms with E-state index in [4.69, 9.17) is 23.4 Å². The molecular weight excluding hydrogens is 606 g/mol. The second-order valence-electron chi connectivity index (χ2n) is 12.2. The zero-order valence-electron chi connectivity index (χ0n) is 26.4. The van der Waals surface area contributed by atoms with Crippen LogP contribution >= 0.6 is 0 Å². The number of carbonyl (C=O) groups excluding carboxylic acids is 1. The van der Waals surface area contributed by atoms with Crippen LogP contribution in [0.1, 0.15) is 49.7 Å². The molecule has 0 spiro atoms. The zero-order chi connectivity index (χ0) is 33.1. The van der Waals surface area contributed by atoms with Crippen molar-refractivity contribution >= 4 is 41.3 Å². The van der Waals surface area contributed by atoms with Gasteiger partial charge >= 0.3 is 14.2 Å². The Hall–Kier alpha value is -3.93.